The Hall–Kier alpha value is -1.01. The van der Waals surface area contributed by atoms with Crippen molar-refractivity contribution >= 4 is 23.4 Å². The number of aromatic nitrogens is 2. The summed E-state index contributed by atoms with van der Waals surface area (Å²) in [6.45, 7) is 5.99. The average molecular weight is 362 g/mol. The lowest BCUT2D eigenvalue weighted by Gasteiger charge is -2.34. The summed E-state index contributed by atoms with van der Waals surface area (Å²) in [5, 5.41) is 3.66. The van der Waals surface area contributed by atoms with Gasteiger partial charge in [-0.25, -0.2) is 9.97 Å². The maximum atomic E-state index is 4.48. The second-order valence-corrected chi connectivity index (χ2v) is 8.96. The van der Waals surface area contributed by atoms with Crippen LogP contribution in [0.1, 0.15) is 38.5 Å². The molecular formula is C19H31N5S. The number of hydrogen-bond acceptors (Lipinski definition) is 6. The van der Waals surface area contributed by atoms with Crippen LogP contribution in [-0.2, 0) is 0 Å². The van der Waals surface area contributed by atoms with Crippen LogP contribution < -0.4 is 10.2 Å². The normalized spacial score (nSPS) is 23.9. The van der Waals surface area contributed by atoms with Crippen LogP contribution in [0.2, 0.25) is 0 Å². The monoisotopic (exact) mass is 361 g/mol. The molecule has 1 aromatic rings. The van der Waals surface area contributed by atoms with Gasteiger partial charge >= 0.3 is 0 Å². The highest BCUT2D eigenvalue weighted by atomic mass is 32.2. The first-order valence-corrected chi connectivity index (χ1v) is 11.2. The fourth-order valence-corrected chi connectivity index (χ4v) is 5.32. The molecule has 3 fully saturated rings. The first kappa shape index (κ1) is 17.4. The molecule has 0 radical (unpaired) electrons. The molecule has 0 amide bonds. The molecule has 1 aliphatic carbocycles. The van der Waals surface area contributed by atoms with E-state index in [1.54, 1.807) is 6.33 Å². The van der Waals surface area contributed by atoms with E-state index in [-0.39, 0.29) is 0 Å². The van der Waals surface area contributed by atoms with E-state index in [2.05, 4.69) is 31.2 Å². The highest BCUT2D eigenvalue weighted by molar-refractivity contribution is 7.99. The van der Waals surface area contributed by atoms with Gasteiger partial charge in [0, 0.05) is 56.3 Å². The number of likely N-dealkylation sites (tertiary alicyclic amines) is 1. The molecule has 3 aliphatic rings. The van der Waals surface area contributed by atoms with Crippen molar-refractivity contribution in [3.63, 3.8) is 0 Å². The first-order chi connectivity index (χ1) is 12.4. The molecule has 1 saturated carbocycles. The highest BCUT2D eigenvalue weighted by Gasteiger charge is 2.23. The number of anilines is 2. The standard InChI is InChI=1S/C19H31N5S/c1-2-4-16(3-1)14-23-7-5-17(6-8-23)22-18-13-19(21-15-20-18)24-9-11-25-12-10-24/h13,15-17H,1-12,14H2,(H,20,21,22). The summed E-state index contributed by atoms with van der Waals surface area (Å²) in [6, 6.07) is 2.69. The van der Waals surface area contributed by atoms with Crippen LogP contribution in [0.4, 0.5) is 11.6 Å². The summed E-state index contributed by atoms with van der Waals surface area (Å²) in [5.41, 5.74) is 0. The van der Waals surface area contributed by atoms with Crippen molar-refractivity contribution in [1.82, 2.24) is 14.9 Å². The van der Waals surface area contributed by atoms with E-state index < -0.39 is 0 Å². The molecule has 0 spiro atoms. The number of piperidine rings is 1. The summed E-state index contributed by atoms with van der Waals surface area (Å²) in [4.78, 5) is 14.0. The predicted molar refractivity (Wildman–Crippen MR) is 107 cm³/mol. The minimum atomic E-state index is 0.555. The van der Waals surface area contributed by atoms with Crippen molar-refractivity contribution < 1.29 is 0 Å². The third-order valence-electron chi connectivity index (χ3n) is 5.92. The Kier molecular flexibility index (Phi) is 5.98. The Morgan fingerprint density at radius 2 is 1.76 bits per heavy atom. The largest absolute Gasteiger partial charge is 0.367 e. The molecular weight excluding hydrogens is 330 g/mol. The average Bonchev–Trinajstić information content (AvgIpc) is 3.17. The van der Waals surface area contributed by atoms with Gasteiger partial charge in [-0.2, -0.15) is 11.8 Å². The molecule has 0 unspecified atom stereocenters. The molecule has 25 heavy (non-hydrogen) atoms. The van der Waals surface area contributed by atoms with Crippen LogP contribution in [0.5, 0.6) is 0 Å². The van der Waals surface area contributed by atoms with E-state index in [1.165, 1.54) is 69.7 Å². The predicted octanol–water partition coefficient (Wildman–Crippen LogP) is 3.10. The summed E-state index contributed by atoms with van der Waals surface area (Å²) < 4.78 is 0. The molecule has 0 atom stereocenters. The van der Waals surface area contributed by atoms with Crippen LogP contribution in [0, 0.1) is 5.92 Å². The van der Waals surface area contributed by atoms with Crippen LogP contribution in [0.3, 0.4) is 0 Å². The van der Waals surface area contributed by atoms with E-state index in [1.807, 2.05) is 11.8 Å². The zero-order valence-corrected chi connectivity index (χ0v) is 16.0. The summed E-state index contributed by atoms with van der Waals surface area (Å²) in [5.74, 6) is 5.45. The molecule has 138 valence electrons. The number of hydrogen-bond donors (Lipinski definition) is 1. The van der Waals surface area contributed by atoms with Gasteiger partial charge < -0.3 is 15.1 Å². The van der Waals surface area contributed by atoms with Crippen molar-refractivity contribution in [1.29, 1.82) is 0 Å². The van der Waals surface area contributed by atoms with Crippen molar-refractivity contribution in [3.8, 4) is 0 Å². The summed E-state index contributed by atoms with van der Waals surface area (Å²) >= 11 is 2.03. The molecule has 1 N–H and O–H groups in total. The molecule has 4 rings (SSSR count). The van der Waals surface area contributed by atoms with Crippen molar-refractivity contribution in [3.05, 3.63) is 12.4 Å². The Morgan fingerprint density at radius 3 is 2.52 bits per heavy atom. The Labute approximate surface area is 156 Å². The van der Waals surface area contributed by atoms with Gasteiger partial charge in [0.15, 0.2) is 0 Å². The topological polar surface area (TPSA) is 44.3 Å². The molecule has 0 bridgehead atoms. The maximum absolute atomic E-state index is 4.48. The minimum absolute atomic E-state index is 0.555. The Bertz CT molecular complexity index is 534. The van der Waals surface area contributed by atoms with Crippen LogP contribution in [-0.4, -0.2) is 65.1 Å². The van der Waals surface area contributed by atoms with E-state index in [0.29, 0.717) is 6.04 Å². The van der Waals surface area contributed by atoms with Crippen LogP contribution in [0.25, 0.3) is 0 Å². The molecule has 1 aromatic heterocycles. The zero-order chi connectivity index (χ0) is 16.9. The highest BCUT2D eigenvalue weighted by Crippen LogP contribution is 2.27. The lowest BCUT2D eigenvalue weighted by Crippen LogP contribution is -2.41. The van der Waals surface area contributed by atoms with Gasteiger partial charge in [0.25, 0.3) is 0 Å². The number of thioether (sulfide) groups is 1. The van der Waals surface area contributed by atoms with Crippen molar-refractivity contribution in [2.24, 2.45) is 5.92 Å². The maximum Gasteiger partial charge on any atom is 0.134 e. The Balaban J connectivity index is 1.26. The zero-order valence-electron chi connectivity index (χ0n) is 15.2. The van der Waals surface area contributed by atoms with E-state index >= 15 is 0 Å². The van der Waals surface area contributed by atoms with Gasteiger partial charge in [0.2, 0.25) is 0 Å². The van der Waals surface area contributed by atoms with Crippen molar-refractivity contribution in [2.75, 3.05) is 54.4 Å². The van der Waals surface area contributed by atoms with E-state index in [4.69, 9.17) is 0 Å². The number of rotatable bonds is 5. The molecule has 2 aliphatic heterocycles. The summed E-state index contributed by atoms with van der Waals surface area (Å²) in [7, 11) is 0. The molecule has 6 heteroatoms. The molecule has 5 nitrogen and oxygen atoms in total. The third-order valence-corrected chi connectivity index (χ3v) is 6.86. The lowest BCUT2D eigenvalue weighted by atomic mass is 10.0. The van der Waals surface area contributed by atoms with Crippen LogP contribution >= 0.6 is 11.8 Å². The molecule has 2 saturated heterocycles. The van der Waals surface area contributed by atoms with Gasteiger partial charge in [-0.3, -0.25) is 0 Å². The summed E-state index contributed by atoms with van der Waals surface area (Å²) in [6.07, 6.45) is 9.99. The minimum Gasteiger partial charge on any atom is -0.367 e. The second-order valence-electron chi connectivity index (χ2n) is 7.73. The van der Waals surface area contributed by atoms with Gasteiger partial charge in [-0.15, -0.1) is 0 Å². The quantitative estimate of drug-likeness (QED) is 0.869. The third kappa shape index (κ3) is 4.79. The van der Waals surface area contributed by atoms with Crippen molar-refractivity contribution in [2.45, 2.75) is 44.6 Å². The van der Waals surface area contributed by atoms with Gasteiger partial charge in [0.05, 0.1) is 0 Å². The molecule has 3 heterocycles. The smallest absolute Gasteiger partial charge is 0.134 e. The number of nitrogens with zero attached hydrogens (tertiary/aromatic N) is 4. The van der Waals surface area contributed by atoms with Gasteiger partial charge in [-0.1, -0.05) is 12.8 Å². The van der Waals surface area contributed by atoms with E-state index in [0.717, 1.165) is 30.6 Å². The second kappa shape index (κ2) is 8.58. The Morgan fingerprint density at radius 1 is 1.00 bits per heavy atom. The number of nitrogens with one attached hydrogen (secondary N) is 1. The van der Waals surface area contributed by atoms with Crippen LogP contribution in [0.15, 0.2) is 12.4 Å². The lowest BCUT2D eigenvalue weighted by molar-refractivity contribution is 0.189. The fourth-order valence-electron chi connectivity index (χ4n) is 4.42. The SMILES string of the molecule is c1nc(NC2CCN(CC3CCCC3)CC2)cc(N2CCSCC2)n1. The van der Waals surface area contributed by atoms with E-state index in [9.17, 15) is 0 Å². The van der Waals surface area contributed by atoms with Gasteiger partial charge in [0.1, 0.15) is 18.0 Å². The first-order valence-electron chi connectivity index (χ1n) is 10.0. The van der Waals surface area contributed by atoms with Gasteiger partial charge in [-0.05, 0) is 31.6 Å². The molecule has 0 aromatic carbocycles. The fraction of sp³-hybridized carbons (Fsp3) is 0.789.